The van der Waals surface area contributed by atoms with Crippen molar-refractivity contribution < 1.29 is 14.3 Å². The molecule has 0 bridgehead atoms. The van der Waals surface area contributed by atoms with Crippen LogP contribution < -0.4 is 16.4 Å². The van der Waals surface area contributed by atoms with E-state index in [9.17, 15) is 9.59 Å². The number of nitrogens with two attached hydrogens (primary N) is 1. The van der Waals surface area contributed by atoms with Crippen molar-refractivity contribution in [3.05, 3.63) is 35.4 Å². The first-order valence-corrected chi connectivity index (χ1v) is 7.54. The van der Waals surface area contributed by atoms with Gasteiger partial charge in [0.15, 0.2) is 0 Å². The zero-order valence-corrected chi connectivity index (χ0v) is 12.8. The molecule has 1 fully saturated rings. The van der Waals surface area contributed by atoms with Gasteiger partial charge in [-0.1, -0.05) is 29.8 Å². The maximum atomic E-state index is 11.9. The summed E-state index contributed by atoms with van der Waals surface area (Å²) >= 11 is 0. The molecule has 1 aromatic rings. The summed E-state index contributed by atoms with van der Waals surface area (Å²) in [7, 11) is 0. The van der Waals surface area contributed by atoms with Gasteiger partial charge >= 0.3 is 0 Å². The van der Waals surface area contributed by atoms with Crippen LogP contribution in [0, 0.1) is 6.92 Å². The molecule has 1 aromatic carbocycles. The zero-order chi connectivity index (χ0) is 15.9. The predicted octanol–water partition coefficient (Wildman–Crippen LogP) is 0.406. The molecule has 2 unspecified atom stereocenters. The Kier molecular flexibility index (Phi) is 5.91. The molecule has 0 aliphatic carbocycles. The van der Waals surface area contributed by atoms with Gasteiger partial charge in [-0.05, 0) is 25.3 Å². The smallest absolute Gasteiger partial charge is 0.239 e. The number of carbonyl (C=O) groups is 2. The van der Waals surface area contributed by atoms with Gasteiger partial charge in [-0.25, -0.2) is 0 Å². The molecule has 4 N–H and O–H groups in total. The number of hydrogen-bond acceptors (Lipinski definition) is 4. The number of ether oxygens (including phenoxy) is 1. The fourth-order valence-electron chi connectivity index (χ4n) is 2.52. The van der Waals surface area contributed by atoms with E-state index in [0.29, 0.717) is 6.61 Å². The summed E-state index contributed by atoms with van der Waals surface area (Å²) in [6.07, 6.45) is 1.61. The summed E-state index contributed by atoms with van der Waals surface area (Å²) in [5.41, 5.74) is 7.43. The van der Waals surface area contributed by atoms with Crippen LogP contribution in [0.3, 0.4) is 0 Å². The molecular weight excluding hydrogens is 282 g/mol. The van der Waals surface area contributed by atoms with E-state index in [1.54, 1.807) is 0 Å². The molecule has 1 heterocycles. The molecule has 6 heteroatoms. The van der Waals surface area contributed by atoms with E-state index >= 15 is 0 Å². The summed E-state index contributed by atoms with van der Waals surface area (Å²) in [5.74, 6) is -0.570. The maximum Gasteiger partial charge on any atom is 0.239 e. The van der Waals surface area contributed by atoms with Gasteiger partial charge in [-0.3, -0.25) is 9.59 Å². The second-order valence-electron chi connectivity index (χ2n) is 5.50. The highest BCUT2D eigenvalue weighted by Crippen LogP contribution is 2.28. The highest BCUT2D eigenvalue weighted by molar-refractivity contribution is 5.85. The Morgan fingerprint density at radius 3 is 2.68 bits per heavy atom. The Bertz CT molecular complexity index is 516. The van der Waals surface area contributed by atoms with Crippen molar-refractivity contribution in [2.24, 2.45) is 5.73 Å². The van der Waals surface area contributed by atoms with Crippen LogP contribution in [0.25, 0.3) is 0 Å². The molecule has 1 aliphatic heterocycles. The lowest BCUT2D eigenvalue weighted by atomic mass is 9.95. The number of hydrogen-bond donors (Lipinski definition) is 3. The Balaban J connectivity index is 1.96. The molecule has 0 saturated carbocycles. The highest BCUT2D eigenvalue weighted by atomic mass is 16.5. The SMILES string of the molecule is Cc1ccc(C2OCCCC2NC(=O)CNC(=O)CN)cc1. The van der Waals surface area contributed by atoms with E-state index in [1.165, 1.54) is 5.56 Å². The molecule has 1 saturated heterocycles. The molecular formula is C16H23N3O3. The van der Waals surface area contributed by atoms with Crippen LogP contribution >= 0.6 is 0 Å². The monoisotopic (exact) mass is 305 g/mol. The molecule has 0 radical (unpaired) electrons. The normalized spacial score (nSPS) is 21.2. The predicted molar refractivity (Wildman–Crippen MR) is 83.1 cm³/mol. The fourth-order valence-corrected chi connectivity index (χ4v) is 2.52. The zero-order valence-electron chi connectivity index (χ0n) is 12.8. The third-order valence-corrected chi connectivity index (χ3v) is 3.71. The van der Waals surface area contributed by atoms with Crippen LogP contribution in [-0.2, 0) is 14.3 Å². The lowest BCUT2D eigenvalue weighted by Crippen LogP contribution is -2.47. The van der Waals surface area contributed by atoms with Gasteiger partial charge in [-0.2, -0.15) is 0 Å². The van der Waals surface area contributed by atoms with Crippen molar-refractivity contribution in [3.63, 3.8) is 0 Å². The number of nitrogens with one attached hydrogen (secondary N) is 2. The Labute approximate surface area is 130 Å². The minimum Gasteiger partial charge on any atom is -0.371 e. The van der Waals surface area contributed by atoms with Gasteiger partial charge in [0.05, 0.1) is 19.1 Å². The second-order valence-corrected chi connectivity index (χ2v) is 5.50. The lowest BCUT2D eigenvalue weighted by Gasteiger charge is -2.32. The second kappa shape index (κ2) is 7.91. The van der Waals surface area contributed by atoms with Gasteiger partial charge in [0, 0.05) is 6.61 Å². The first-order valence-electron chi connectivity index (χ1n) is 7.54. The summed E-state index contributed by atoms with van der Waals surface area (Å²) in [5, 5.41) is 5.41. The number of aryl methyl sites for hydroxylation is 1. The Morgan fingerprint density at radius 2 is 2.00 bits per heavy atom. The van der Waals surface area contributed by atoms with Crippen molar-refractivity contribution in [1.29, 1.82) is 0 Å². The largest absolute Gasteiger partial charge is 0.371 e. The van der Waals surface area contributed by atoms with E-state index in [4.69, 9.17) is 10.5 Å². The summed E-state index contributed by atoms with van der Waals surface area (Å²) < 4.78 is 5.84. The molecule has 2 rings (SSSR count). The van der Waals surface area contributed by atoms with Gasteiger partial charge < -0.3 is 21.1 Å². The average molecular weight is 305 g/mol. The average Bonchev–Trinajstić information content (AvgIpc) is 2.54. The van der Waals surface area contributed by atoms with Crippen LogP contribution in [-0.4, -0.2) is 37.6 Å². The third-order valence-electron chi connectivity index (χ3n) is 3.71. The number of carbonyl (C=O) groups excluding carboxylic acids is 2. The minimum absolute atomic E-state index is 0.0624. The van der Waals surface area contributed by atoms with Crippen LogP contribution in [0.4, 0.5) is 0 Å². The Morgan fingerprint density at radius 1 is 1.27 bits per heavy atom. The first kappa shape index (κ1) is 16.5. The van der Waals surface area contributed by atoms with Gasteiger partial charge in [0.2, 0.25) is 11.8 Å². The van der Waals surface area contributed by atoms with Crippen molar-refractivity contribution in [2.45, 2.75) is 31.9 Å². The van der Waals surface area contributed by atoms with Gasteiger partial charge in [0.1, 0.15) is 6.10 Å². The van der Waals surface area contributed by atoms with Crippen LogP contribution in [0.5, 0.6) is 0 Å². The van der Waals surface area contributed by atoms with Crippen molar-refractivity contribution in [3.8, 4) is 0 Å². The van der Waals surface area contributed by atoms with Gasteiger partial charge in [0.25, 0.3) is 0 Å². The molecule has 0 spiro atoms. The summed E-state index contributed by atoms with van der Waals surface area (Å²) in [6, 6.07) is 8.04. The lowest BCUT2D eigenvalue weighted by molar-refractivity contribution is -0.127. The molecule has 2 atom stereocenters. The van der Waals surface area contributed by atoms with Crippen molar-refractivity contribution in [1.82, 2.24) is 10.6 Å². The maximum absolute atomic E-state index is 11.9. The number of benzene rings is 1. The quantitative estimate of drug-likeness (QED) is 0.734. The fraction of sp³-hybridized carbons (Fsp3) is 0.500. The van der Waals surface area contributed by atoms with E-state index in [1.807, 2.05) is 31.2 Å². The minimum atomic E-state index is -0.342. The van der Waals surface area contributed by atoms with E-state index in [0.717, 1.165) is 18.4 Å². The molecule has 1 aliphatic rings. The van der Waals surface area contributed by atoms with Crippen LogP contribution in [0.2, 0.25) is 0 Å². The van der Waals surface area contributed by atoms with Crippen LogP contribution in [0.15, 0.2) is 24.3 Å². The van der Waals surface area contributed by atoms with Crippen molar-refractivity contribution >= 4 is 11.8 Å². The van der Waals surface area contributed by atoms with E-state index < -0.39 is 0 Å². The van der Waals surface area contributed by atoms with E-state index in [-0.39, 0.29) is 37.0 Å². The summed E-state index contributed by atoms with van der Waals surface area (Å²) in [4.78, 5) is 23.0. The third kappa shape index (κ3) is 4.54. The molecule has 22 heavy (non-hydrogen) atoms. The molecule has 0 aromatic heterocycles. The standard InChI is InChI=1S/C16H23N3O3/c1-11-4-6-12(7-5-11)16-13(3-2-8-22-16)19-15(21)10-18-14(20)9-17/h4-7,13,16H,2-3,8-10,17H2,1H3,(H,18,20)(H,19,21). The number of amides is 2. The molecule has 6 nitrogen and oxygen atoms in total. The van der Waals surface area contributed by atoms with E-state index in [2.05, 4.69) is 10.6 Å². The Hall–Kier alpha value is -1.92. The highest BCUT2D eigenvalue weighted by Gasteiger charge is 2.28. The topological polar surface area (TPSA) is 93.5 Å². The molecule has 120 valence electrons. The summed E-state index contributed by atoms with van der Waals surface area (Å²) in [6.45, 7) is 2.54. The van der Waals surface area contributed by atoms with Gasteiger partial charge in [-0.15, -0.1) is 0 Å². The number of rotatable bonds is 5. The first-order chi connectivity index (χ1) is 10.6. The van der Waals surface area contributed by atoms with Crippen molar-refractivity contribution in [2.75, 3.05) is 19.7 Å². The van der Waals surface area contributed by atoms with Crippen LogP contribution in [0.1, 0.15) is 30.1 Å². The molecule has 2 amide bonds.